The number of ether oxygens (including phenoxy) is 1. The second-order valence-electron chi connectivity index (χ2n) is 6.00. The molecule has 4 nitrogen and oxygen atoms in total. The van der Waals surface area contributed by atoms with Crippen molar-refractivity contribution in [2.45, 2.75) is 45.4 Å². The maximum absolute atomic E-state index is 11.8. The monoisotopic (exact) mass is 268 g/mol. The lowest BCUT2D eigenvalue weighted by atomic mass is 9.87. The molecule has 2 rings (SSSR count). The third kappa shape index (κ3) is 4.68. The highest BCUT2D eigenvalue weighted by Crippen LogP contribution is 2.25. The van der Waals surface area contributed by atoms with E-state index in [-0.39, 0.29) is 6.09 Å². The van der Waals surface area contributed by atoms with Crippen LogP contribution < -0.4 is 5.32 Å². The zero-order valence-electron chi connectivity index (χ0n) is 12.2. The number of likely N-dealkylation sites (tertiary alicyclic amines) is 1. The lowest BCUT2D eigenvalue weighted by Crippen LogP contribution is -2.42. The van der Waals surface area contributed by atoms with Crippen molar-refractivity contribution in [3.05, 3.63) is 0 Å². The molecule has 0 radical (unpaired) electrons. The number of carbonyl (C=O) groups is 1. The zero-order valence-corrected chi connectivity index (χ0v) is 12.2. The Morgan fingerprint density at radius 1 is 1.21 bits per heavy atom. The van der Waals surface area contributed by atoms with Crippen LogP contribution in [-0.2, 0) is 4.74 Å². The summed E-state index contributed by atoms with van der Waals surface area (Å²) in [4.78, 5) is 13.7. The molecule has 0 aromatic heterocycles. The van der Waals surface area contributed by atoms with Gasteiger partial charge in [-0.1, -0.05) is 13.3 Å². The standard InChI is InChI=1S/C15H28N2O2/c1-2-3-10-19-15(18)17-8-6-13(7-9-17)4-5-14-11-16-12-14/h13-14,16H,2-12H2,1H3. The fraction of sp³-hybridized carbons (Fsp3) is 0.933. The van der Waals surface area contributed by atoms with Crippen LogP contribution >= 0.6 is 0 Å². The maximum Gasteiger partial charge on any atom is 0.409 e. The van der Waals surface area contributed by atoms with Crippen LogP contribution in [0.25, 0.3) is 0 Å². The molecule has 19 heavy (non-hydrogen) atoms. The molecule has 2 aliphatic heterocycles. The number of amides is 1. The summed E-state index contributed by atoms with van der Waals surface area (Å²) in [6.45, 7) is 6.88. The van der Waals surface area contributed by atoms with Gasteiger partial charge in [0.05, 0.1) is 6.61 Å². The van der Waals surface area contributed by atoms with Crippen molar-refractivity contribution in [1.29, 1.82) is 0 Å². The molecular weight excluding hydrogens is 240 g/mol. The van der Waals surface area contributed by atoms with Crippen molar-refractivity contribution in [2.24, 2.45) is 11.8 Å². The minimum absolute atomic E-state index is 0.102. The minimum Gasteiger partial charge on any atom is -0.449 e. The number of hydrogen-bond acceptors (Lipinski definition) is 3. The normalized spacial score (nSPS) is 21.2. The SMILES string of the molecule is CCCCOC(=O)N1CCC(CCC2CNC2)CC1. The Bertz CT molecular complexity index is 271. The summed E-state index contributed by atoms with van der Waals surface area (Å²) in [6.07, 6.45) is 6.95. The molecule has 0 aliphatic carbocycles. The molecule has 2 aliphatic rings. The van der Waals surface area contributed by atoms with Crippen molar-refractivity contribution in [3.63, 3.8) is 0 Å². The first-order valence-corrected chi connectivity index (χ1v) is 7.92. The molecule has 1 amide bonds. The van der Waals surface area contributed by atoms with Gasteiger partial charge in [-0.15, -0.1) is 0 Å². The van der Waals surface area contributed by atoms with Crippen LogP contribution in [0.15, 0.2) is 0 Å². The summed E-state index contributed by atoms with van der Waals surface area (Å²) in [7, 11) is 0. The number of rotatable bonds is 6. The van der Waals surface area contributed by atoms with E-state index in [1.54, 1.807) is 0 Å². The molecule has 0 unspecified atom stereocenters. The van der Waals surface area contributed by atoms with Crippen molar-refractivity contribution in [1.82, 2.24) is 10.2 Å². The molecule has 110 valence electrons. The van der Waals surface area contributed by atoms with Gasteiger partial charge in [0.2, 0.25) is 0 Å². The lowest BCUT2D eigenvalue weighted by molar-refractivity contribution is 0.0848. The molecule has 2 heterocycles. The van der Waals surface area contributed by atoms with Crippen LogP contribution in [0.2, 0.25) is 0 Å². The second-order valence-corrected chi connectivity index (χ2v) is 6.00. The third-order valence-electron chi connectivity index (χ3n) is 4.45. The van der Waals surface area contributed by atoms with Gasteiger partial charge in [-0.05, 0) is 57.0 Å². The summed E-state index contributed by atoms with van der Waals surface area (Å²) in [5.41, 5.74) is 0. The Morgan fingerprint density at radius 2 is 1.89 bits per heavy atom. The van der Waals surface area contributed by atoms with Crippen LogP contribution in [0, 0.1) is 11.8 Å². The highest BCUT2D eigenvalue weighted by atomic mass is 16.6. The fourth-order valence-electron chi connectivity index (χ4n) is 2.82. The smallest absolute Gasteiger partial charge is 0.409 e. The van der Waals surface area contributed by atoms with Gasteiger partial charge in [0.15, 0.2) is 0 Å². The molecule has 2 saturated heterocycles. The van der Waals surface area contributed by atoms with Gasteiger partial charge >= 0.3 is 6.09 Å². The van der Waals surface area contributed by atoms with E-state index < -0.39 is 0 Å². The molecule has 1 N–H and O–H groups in total. The van der Waals surface area contributed by atoms with E-state index in [1.165, 1.54) is 25.9 Å². The molecule has 0 atom stereocenters. The fourth-order valence-corrected chi connectivity index (χ4v) is 2.82. The maximum atomic E-state index is 11.8. The lowest BCUT2D eigenvalue weighted by Gasteiger charge is -2.33. The van der Waals surface area contributed by atoms with Crippen molar-refractivity contribution in [2.75, 3.05) is 32.8 Å². The van der Waals surface area contributed by atoms with Crippen LogP contribution in [0.3, 0.4) is 0 Å². The topological polar surface area (TPSA) is 41.6 Å². The summed E-state index contributed by atoms with van der Waals surface area (Å²) in [5, 5.41) is 3.33. The summed E-state index contributed by atoms with van der Waals surface area (Å²) < 4.78 is 5.26. The number of hydrogen-bond donors (Lipinski definition) is 1. The van der Waals surface area contributed by atoms with Crippen molar-refractivity contribution in [3.8, 4) is 0 Å². The molecule has 0 aromatic rings. The van der Waals surface area contributed by atoms with Gasteiger partial charge in [-0.2, -0.15) is 0 Å². The Balaban J connectivity index is 1.57. The van der Waals surface area contributed by atoms with E-state index in [1.807, 2.05) is 4.90 Å². The van der Waals surface area contributed by atoms with Gasteiger partial charge in [0.1, 0.15) is 0 Å². The number of carbonyl (C=O) groups excluding carboxylic acids is 1. The minimum atomic E-state index is -0.102. The van der Waals surface area contributed by atoms with Crippen molar-refractivity contribution < 1.29 is 9.53 Å². The average molecular weight is 268 g/mol. The van der Waals surface area contributed by atoms with E-state index in [4.69, 9.17) is 4.74 Å². The van der Waals surface area contributed by atoms with Crippen molar-refractivity contribution >= 4 is 6.09 Å². The first kappa shape index (κ1) is 14.6. The summed E-state index contributed by atoms with van der Waals surface area (Å²) in [5.74, 6) is 1.73. The van der Waals surface area contributed by atoms with E-state index in [9.17, 15) is 4.79 Å². The molecule has 0 saturated carbocycles. The largest absolute Gasteiger partial charge is 0.449 e. The van der Waals surface area contributed by atoms with E-state index in [0.29, 0.717) is 6.61 Å². The zero-order chi connectivity index (χ0) is 13.5. The highest BCUT2D eigenvalue weighted by molar-refractivity contribution is 5.67. The Labute approximate surface area is 116 Å². The van der Waals surface area contributed by atoms with E-state index >= 15 is 0 Å². The van der Waals surface area contributed by atoms with E-state index in [2.05, 4.69) is 12.2 Å². The Kier molecular flexibility index (Phi) is 5.95. The predicted octanol–water partition coefficient (Wildman–Crippen LogP) is 2.63. The second kappa shape index (κ2) is 7.73. The van der Waals surface area contributed by atoms with Crippen LogP contribution in [0.4, 0.5) is 4.79 Å². The summed E-state index contributed by atoms with van der Waals surface area (Å²) in [6, 6.07) is 0. The highest BCUT2D eigenvalue weighted by Gasteiger charge is 2.25. The first-order chi connectivity index (χ1) is 9.29. The molecular formula is C15H28N2O2. The first-order valence-electron chi connectivity index (χ1n) is 7.92. The molecule has 2 fully saturated rings. The quantitative estimate of drug-likeness (QED) is 0.753. The molecule has 0 spiro atoms. The van der Waals surface area contributed by atoms with Gasteiger partial charge < -0.3 is 15.0 Å². The Morgan fingerprint density at radius 3 is 2.47 bits per heavy atom. The molecule has 0 aromatic carbocycles. The predicted molar refractivity (Wildman–Crippen MR) is 76.1 cm³/mol. The van der Waals surface area contributed by atoms with Crippen LogP contribution in [0.5, 0.6) is 0 Å². The van der Waals surface area contributed by atoms with Crippen LogP contribution in [0.1, 0.15) is 45.4 Å². The Hall–Kier alpha value is -0.770. The number of unbranched alkanes of at least 4 members (excludes halogenated alkanes) is 1. The molecule has 0 bridgehead atoms. The third-order valence-corrected chi connectivity index (χ3v) is 4.45. The number of nitrogens with one attached hydrogen (secondary N) is 1. The number of nitrogens with zero attached hydrogens (tertiary/aromatic N) is 1. The van der Waals surface area contributed by atoms with E-state index in [0.717, 1.165) is 50.6 Å². The summed E-state index contributed by atoms with van der Waals surface area (Å²) >= 11 is 0. The number of piperidine rings is 1. The van der Waals surface area contributed by atoms with Gasteiger partial charge in [-0.3, -0.25) is 0 Å². The average Bonchev–Trinajstić information content (AvgIpc) is 2.38. The molecule has 4 heteroatoms. The van der Waals surface area contributed by atoms with Gasteiger partial charge in [0, 0.05) is 13.1 Å². The van der Waals surface area contributed by atoms with Gasteiger partial charge in [-0.25, -0.2) is 4.79 Å². The van der Waals surface area contributed by atoms with Crippen LogP contribution in [-0.4, -0.2) is 43.8 Å². The van der Waals surface area contributed by atoms with Gasteiger partial charge in [0.25, 0.3) is 0 Å².